The highest BCUT2D eigenvalue weighted by atomic mass is 35.5. The van der Waals surface area contributed by atoms with Crippen LogP contribution in [0.15, 0.2) is 81.5 Å². The van der Waals surface area contributed by atoms with Crippen LogP contribution in [-0.4, -0.2) is 5.88 Å². The molecule has 0 aliphatic carbocycles. The van der Waals surface area contributed by atoms with E-state index >= 15 is 0 Å². The second-order valence-corrected chi connectivity index (χ2v) is 11.3. The molecule has 0 saturated carbocycles. The van der Waals surface area contributed by atoms with Gasteiger partial charge in [0.1, 0.15) is 0 Å². The molecule has 0 nitrogen and oxygen atoms in total. The van der Waals surface area contributed by atoms with Crippen molar-refractivity contribution in [3.05, 3.63) is 81.5 Å². The Bertz CT molecular complexity index is 804. The fourth-order valence-electron chi connectivity index (χ4n) is 4.06. The van der Waals surface area contributed by atoms with E-state index < -0.39 is 0 Å². The Morgan fingerprint density at radius 2 is 0.583 bits per heavy atom. The second kappa shape index (κ2) is 22.7. The fraction of sp³-hybridized carbons (Fsp3) is 0.600. The standard InChI is InChI=1S/C35H57Cl/c1-29(2)15-9-16-30(3)17-10-18-31(4)19-11-20-32(5)21-12-22-33(6)23-13-24-34(7)25-14-26-35(8)27-28-36/h15,17,19,21,23,25,27H,9-14,16,18,20,22,24,26,28H2,1-8H3/b30-17?,31-19?,32-21+,33-23+,34-25+,35-27+. The van der Waals surface area contributed by atoms with Crippen LogP contribution in [0.2, 0.25) is 0 Å². The zero-order valence-electron chi connectivity index (χ0n) is 25.1. The summed E-state index contributed by atoms with van der Waals surface area (Å²) in [4.78, 5) is 0. The summed E-state index contributed by atoms with van der Waals surface area (Å²) in [6.07, 6.45) is 30.6. The third kappa shape index (κ3) is 22.9. The predicted molar refractivity (Wildman–Crippen MR) is 168 cm³/mol. The van der Waals surface area contributed by atoms with Gasteiger partial charge in [-0.1, -0.05) is 81.5 Å². The van der Waals surface area contributed by atoms with E-state index in [0.717, 1.165) is 25.7 Å². The minimum Gasteiger partial charge on any atom is -0.122 e. The van der Waals surface area contributed by atoms with Crippen LogP contribution >= 0.6 is 11.6 Å². The van der Waals surface area contributed by atoms with Crippen molar-refractivity contribution < 1.29 is 0 Å². The Labute approximate surface area is 231 Å². The summed E-state index contributed by atoms with van der Waals surface area (Å²) in [5.41, 5.74) is 10.4. The van der Waals surface area contributed by atoms with Crippen LogP contribution in [0, 0.1) is 0 Å². The van der Waals surface area contributed by atoms with Crippen molar-refractivity contribution in [1.29, 1.82) is 0 Å². The molecule has 0 fully saturated rings. The average molecular weight is 513 g/mol. The van der Waals surface area contributed by atoms with Gasteiger partial charge in [0.15, 0.2) is 0 Å². The molecule has 1 heteroatoms. The summed E-state index contributed by atoms with van der Waals surface area (Å²) in [6, 6.07) is 0. The molecular formula is C35H57Cl. The first-order valence-corrected chi connectivity index (χ1v) is 14.8. The molecule has 0 N–H and O–H groups in total. The normalized spacial score (nSPS) is 14.5. The summed E-state index contributed by atoms with van der Waals surface area (Å²) < 4.78 is 0. The number of allylic oxidation sites excluding steroid dienone is 14. The van der Waals surface area contributed by atoms with Crippen molar-refractivity contribution >= 4 is 11.6 Å². The topological polar surface area (TPSA) is 0 Å². The Hall–Kier alpha value is -1.53. The van der Waals surface area contributed by atoms with E-state index in [1.54, 1.807) is 0 Å². The molecule has 0 heterocycles. The van der Waals surface area contributed by atoms with E-state index in [0.29, 0.717) is 5.88 Å². The van der Waals surface area contributed by atoms with Crippen LogP contribution in [0.4, 0.5) is 0 Å². The van der Waals surface area contributed by atoms with Crippen molar-refractivity contribution in [2.75, 3.05) is 5.88 Å². The molecule has 0 aromatic rings. The molecule has 0 radical (unpaired) electrons. The van der Waals surface area contributed by atoms with Gasteiger partial charge >= 0.3 is 0 Å². The minimum absolute atomic E-state index is 0.625. The molecule has 0 aliphatic rings. The highest BCUT2D eigenvalue weighted by molar-refractivity contribution is 6.18. The molecule has 0 aromatic carbocycles. The first kappa shape index (κ1) is 34.5. The predicted octanol–water partition coefficient (Wildman–Crippen LogP) is 12.6. The summed E-state index contributed by atoms with van der Waals surface area (Å²) >= 11 is 5.76. The summed E-state index contributed by atoms with van der Waals surface area (Å²) in [5, 5.41) is 0. The summed E-state index contributed by atoms with van der Waals surface area (Å²) in [6.45, 7) is 17.9. The van der Waals surface area contributed by atoms with Gasteiger partial charge in [-0.3, -0.25) is 0 Å². The van der Waals surface area contributed by atoms with Crippen molar-refractivity contribution in [3.63, 3.8) is 0 Å². The summed E-state index contributed by atoms with van der Waals surface area (Å²) in [5.74, 6) is 0.625. The van der Waals surface area contributed by atoms with Gasteiger partial charge in [0.25, 0.3) is 0 Å². The smallest absolute Gasteiger partial charge is 0.0406 e. The first-order chi connectivity index (χ1) is 17.1. The maximum absolute atomic E-state index is 5.76. The van der Waals surface area contributed by atoms with E-state index in [-0.39, 0.29) is 0 Å². The minimum atomic E-state index is 0.625. The molecule has 0 amide bonds. The first-order valence-electron chi connectivity index (χ1n) is 14.3. The number of hydrogen-bond donors (Lipinski definition) is 0. The molecule has 0 atom stereocenters. The fourth-order valence-corrected chi connectivity index (χ4v) is 4.33. The summed E-state index contributed by atoms with van der Waals surface area (Å²) in [7, 11) is 0. The lowest BCUT2D eigenvalue weighted by molar-refractivity contribution is 0.883. The Morgan fingerprint density at radius 1 is 0.361 bits per heavy atom. The van der Waals surface area contributed by atoms with Crippen molar-refractivity contribution in [3.8, 4) is 0 Å². The third-order valence-corrected chi connectivity index (χ3v) is 6.83. The van der Waals surface area contributed by atoms with E-state index in [9.17, 15) is 0 Å². The number of rotatable bonds is 19. The van der Waals surface area contributed by atoms with Gasteiger partial charge in [0, 0.05) is 5.88 Å². The van der Waals surface area contributed by atoms with Gasteiger partial charge in [-0.15, -0.1) is 11.6 Å². The quantitative estimate of drug-likeness (QED) is 0.119. The lowest BCUT2D eigenvalue weighted by atomic mass is 10.0. The maximum atomic E-state index is 5.76. The van der Waals surface area contributed by atoms with Crippen LogP contribution in [0.25, 0.3) is 0 Å². The van der Waals surface area contributed by atoms with Crippen LogP contribution in [-0.2, 0) is 0 Å². The SMILES string of the molecule is CC(C)=CCCC(C)=CCCC(C)=CCC/C(C)=C/CC/C(C)=C/CC/C(C)=C/CC/C(C)=C/CCl. The van der Waals surface area contributed by atoms with Crippen molar-refractivity contribution in [2.24, 2.45) is 0 Å². The van der Waals surface area contributed by atoms with Crippen molar-refractivity contribution in [1.82, 2.24) is 0 Å². The second-order valence-electron chi connectivity index (χ2n) is 11.0. The lowest BCUT2D eigenvalue weighted by Crippen LogP contribution is -1.83. The Morgan fingerprint density at radius 3 is 0.806 bits per heavy atom. The third-order valence-electron chi connectivity index (χ3n) is 6.67. The zero-order valence-corrected chi connectivity index (χ0v) is 25.9. The molecule has 204 valence electrons. The molecule has 0 bridgehead atoms. The largest absolute Gasteiger partial charge is 0.122 e. The van der Waals surface area contributed by atoms with Crippen LogP contribution in [0.1, 0.15) is 132 Å². The highest BCUT2D eigenvalue weighted by Gasteiger charge is 1.96. The molecular weight excluding hydrogens is 456 g/mol. The van der Waals surface area contributed by atoms with Crippen molar-refractivity contribution in [2.45, 2.75) is 132 Å². The molecule has 0 spiro atoms. The maximum Gasteiger partial charge on any atom is 0.0406 e. The molecule has 0 aromatic heterocycles. The average Bonchev–Trinajstić information content (AvgIpc) is 2.79. The van der Waals surface area contributed by atoms with E-state index in [2.05, 4.69) is 97.9 Å². The highest BCUT2D eigenvalue weighted by Crippen LogP contribution is 2.16. The molecule has 0 unspecified atom stereocenters. The molecule has 0 rings (SSSR count). The van der Waals surface area contributed by atoms with Gasteiger partial charge in [0.2, 0.25) is 0 Å². The zero-order chi connectivity index (χ0) is 27.2. The van der Waals surface area contributed by atoms with E-state index in [4.69, 9.17) is 11.6 Å². The van der Waals surface area contributed by atoms with Gasteiger partial charge < -0.3 is 0 Å². The molecule has 36 heavy (non-hydrogen) atoms. The van der Waals surface area contributed by atoms with Gasteiger partial charge in [-0.2, -0.15) is 0 Å². The Kier molecular flexibility index (Phi) is 21.7. The van der Waals surface area contributed by atoms with Crippen LogP contribution in [0.5, 0.6) is 0 Å². The lowest BCUT2D eigenvalue weighted by Gasteiger charge is -2.04. The number of alkyl halides is 1. The Balaban J connectivity index is 4.14. The monoisotopic (exact) mass is 512 g/mol. The van der Waals surface area contributed by atoms with Crippen LogP contribution < -0.4 is 0 Å². The van der Waals surface area contributed by atoms with E-state index in [1.807, 2.05) is 0 Å². The number of hydrogen-bond acceptors (Lipinski definition) is 0. The molecule has 0 aliphatic heterocycles. The van der Waals surface area contributed by atoms with Gasteiger partial charge in [-0.05, 0) is 132 Å². The van der Waals surface area contributed by atoms with Gasteiger partial charge in [0.05, 0.1) is 0 Å². The van der Waals surface area contributed by atoms with E-state index in [1.165, 1.54) is 90.4 Å². The number of halogens is 1. The van der Waals surface area contributed by atoms with Crippen LogP contribution in [0.3, 0.4) is 0 Å². The van der Waals surface area contributed by atoms with Gasteiger partial charge in [-0.25, -0.2) is 0 Å². The molecule has 0 saturated heterocycles.